The number of fused-ring (bicyclic) bond motifs is 14. The van der Waals surface area contributed by atoms with E-state index in [0.29, 0.717) is 0 Å². The van der Waals surface area contributed by atoms with Crippen molar-refractivity contribution in [1.82, 2.24) is 0 Å². The van der Waals surface area contributed by atoms with Gasteiger partial charge in [0, 0.05) is 39.0 Å². The van der Waals surface area contributed by atoms with Crippen LogP contribution in [0.2, 0.25) is 0 Å². The van der Waals surface area contributed by atoms with E-state index in [9.17, 15) is 0 Å². The maximum Gasteiger partial charge on any atom is 0.140 e. The molecule has 0 saturated heterocycles. The maximum absolute atomic E-state index is 7.19. The molecule has 0 N–H and O–H groups in total. The number of hydrogen-bond acceptors (Lipinski definition) is 2. The van der Waals surface area contributed by atoms with E-state index in [1.54, 1.807) is 0 Å². The molecule has 0 atom stereocenters. The number of hydrogen-bond donors (Lipinski definition) is 0. The molecule has 0 bridgehead atoms. The molecule has 0 radical (unpaired) electrons. The molecule has 11 aromatic rings. The van der Waals surface area contributed by atoms with Crippen molar-refractivity contribution in [3.63, 3.8) is 0 Å². The first kappa shape index (κ1) is 35.5. The van der Waals surface area contributed by atoms with Gasteiger partial charge in [-0.1, -0.05) is 194 Å². The van der Waals surface area contributed by atoms with Crippen molar-refractivity contribution < 1.29 is 4.74 Å². The lowest BCUT2D eigenvalue weighted by atomic mass is 9.65. The van der Waals surface area contributed by atoms with Crippen LogP contribution in [0, 0.1) is 0 Å². The average Bonchev–Trinajstić information content (AvgIpc) is 3.64. The summed E-state index contributed by atoms with van der Waals surface area (Å²) < 4.78 is 7.19. The quantitative estimate of drug-likeness (QED) is 0.172. The number of benzene rings is 11. The summed E-state index contributed by atoms with van der Waals surface area (Å²) in [6.07, 6.45) is 0. The van der Waals surface area contributed by atoms with Crippen molar-refractivity contribution in [3.05, 3.63) is 259 Å². The Labute approximate surface area is 366 Å². The summed E-state index contributed by atoms with van der Waals surface area (Å²) in [4.78, 5) is 2.36. The zero-order chi connectivity index (χ0) is 41.5. The van der Waals surface area contributed by atoms with Crippen LogP contribution in [0.5, 0.6) is 11.5 Å². The highest BCUT2D eigenvalue weighted by Crippen LogP contribution is 2.64. The van der Waals surface area contributed by atoms with E-state index in [1.807, 2.05) is 0 Å². The zero-order valence-corrected chi connectivity index (χ0v) is 34.4. The Morgan fingerprint density at radius 3 is 1.43 bits per heavy atom. The highest BCUT2D eigenvalue weighted by Gasteiger charge is 2.52. The standard InChI is InChI=1S/C61H39NO/c1-2-12-40(13-3-1)42-22-30-48(31-23-42)62(50-34-26-41-14-4-5-17-46(41)38-50)49-32-24-43(25-33-49)47-27-35-54-53-20-10-11-21-55(53)61(58(54)39-47)56-36-28-44-15-6-8-18-51(44)59(56)63-60-52-19-9-7-16-45(52)29-37-57(60)61/h1-39H. The van der Waals surface area contributed by atoms with Crippen LogP contribution in [0.1, 0.15) is 22.3 Å². The fourth-order valence-corrected chi connectivity index (χ4v) is 10.6. The first-order chi connectivity index (χ1) is 31.2. The molecule has 0 unspecified atom stereocenters. The van der Waals surface area contributed by atoms with E-state index in [2.05, 4.69) is 241 Å². The Kier molecular flexibility index (Phi) is 7.85. The second-order valence-corrected chi connectivity index (χ2v) is 16.8. The monoisotopic (exact) mass is 801 g/mol. The van der Waals surface area contributed by atoms with Crippen LogP contribution in [-0.4, -0.2) is 0 Å². The van der Waals surface area contributed by atoms with E-state index >= 15 is 0 Å². The van der Waals surface area contributed by atoms with Crippen molar-refractivity contribution in [1.29, 1.82) is 0 Å². The lowest BCUT2D eigenvalue weighted by Crippen LogP contribution is -2.32. The number of nitrogens with zero attached hydrogens (tertiary/aromatic N) is 1. The topological polar surface area (TPSA) is 12.5 Å². The van der Waals surface area contributed by atoms with E-state index in [1.165, 1.54) is 71.6 Å². The van der Waals surface area contributed by atoms with Gasteiger partial charge in [-0.15, -0.1) is 0 Å². The predicted molar refractivity (Wildman–Crippen MR) is 262 cm³/mol. The van der Waals surface area contributed by atoms with Gasteiger partial charge in [0.1, 0.15) is 11.5 Å². The van der Waals surface area contributed by atoms with Crippen molar-refractivity contribution in [2.45, 2.75) is 5.41 Å². The molecule has 11 aromatic carbocycles. The third-order valence-corrected chi connectivity index (χ3v) is 13.5. The average molecular weight is 802 g/mol. The summed E-state index contributed by atoms with van der Waals surface area (Å²) in [5.41, 5.74) is 14.9. The Hall–Kier alpha value is -8.20. The summed E-state index contributed by atoms with van der Waals surface area (Å²) in [7, 11) is 0. The Morgan fingerprint density at radius 2 is 0.762 bits per heavy atom. The molecule has 1 spiro atoms. The number of ether oxygens (including phenoxy) is 1. The lowest BCUT2D eigenvalue weighted by molar-refractivity contribution is 0.447. The number of rotatable bonds is 5. The van der Waals surface area contributed by atoms with Crippen molar-refractivity contribution >= 4 is 49.4 Å². The van der Waals surface area contributed by atoms with Crippen LogP contribution in [0.4, 0.5) is 17.1 Å². The van der Waals surface area contributed by atoms with Gasteiger partial charge in [-0.05, 0) is 109 Å². The largest absolute Gasteiger partial charge is 0.455 e. The van der Waals surface area contributed by atoms with Crippen LogP contribution >= 0.6 is 0 Å². The summed E-state index contributed by atoms with van der Waals surface area (Å²) in [6.45, 7) is 0. The molecule has 63 heavy (non-hydrogen) atoms. The van der Waals surface area contributed by atoms with Gasteiger partial charge in [-0.3, -0.25) is 0 Å². The third-order valence-electron chi connectivity index (χ3n) is 13.5. The summed E-state index contributed by atoms with van der Waals surface area (Å²) in [5.74, 6) is 1.86. The fourth-order valence-electron chi connectivity index (χ4n) is 10.6. The van der Waals surface area contributed by atoms with Gasteiger partial charge in [0.05, 0.1) is 5.41 Å². The Morgan fingerprint density at radius 1 is 0.286 bits per heavy atom. The highest BCUT2D eigenvalue weighted by atomic mass is 16.5. The van der Waals surface area contributed by atoms with Crippen LogP contribution in [0.3, 0.4) is 0 Å². The first-order valence-corrected chi connectivity index (χ1v) is 21.7. The summed E-state index contributed by atoms with van der Waals surface area (Å²) in [5, 5.41) is 7.01. The van der Waals surface area contributed by atoms with Crippen molar-refractivity contribution in [3.8, 4) is 44.9 Å². The minimum atomic E-state index is -0.600. The van der Waals surface area contributed by atoms with Crippen molar-refractivity contribution in [2.75, 3.05) is 4.90 Å². The zero-order valence-electron chi connectivity index (χ0n) is 34.4. The second kappa shape index (κ2) is 13.9. The Balaban J connectivity index is 0.978. The molecule has 294 valence electrons. The second-order valence-electron chi connectivity index (χ2n) is 16.8. The molecule has 0 saturated carbocycles. The van der Waals surface area contributed by atoms with Gasteiger partial charge in [0.15, 0.2) is 0 Å². The van der Waals surface area contributed by atoms with E-state index in [-0.39, 0.29) is 0 Å². The molecular formula is C61H39NO. The molecular weight excluding hydrogens is 763 g/mol. The molecule has 13 rings (SSSR count). The minimum absolute atomic E-state index is 0.600. The van der Waals surface area contributed by atoms with Crippen LogP contribution in [0.15, 0.2) is 237 Å². The summed E-state index contributed by atoms with van der Waals surface area (Å²) >= 11 is 0. The SMILES string of the molecule is c1ccc(-c2ccc(N(c3ccc(-c4ccc5c(c4)C4(c6ccccc6-5)c5ccc6ccccc6c5Oc5c4ccc4ccccc54)cc3)c3ccc4ccccc4c3)cc2)cc1. The minimum Gasteiger partial charge on any atom is -0.455 e. The van der Waals surface area contributed by atoms with Gasteiger partial charge < -0.3 is 9.64 Å². The fraction of sp³-hybridized carbons (Fsp3) is 0.0164. The molecule has 2 heteroatoms. The van der Waals surface area contributed by atoms with Gasteiger partial charge in [0.25, 0.3) is 0 Å². The lowest BCUT2D eigenvalue weighted by Gasteiger charge is -2.40. The summed E-state index contributed by atoms with van der Waals surface area (Å²) in [6, 6.07) is 86.4. The molecule has 1 aliphatic carbocycles. The molecule has 0 aromatic heterocycles. The Bertz CT molecular complexity index is 3500. The van der Waals surface area contributed by atoms with Gasteiger partial charge in [-0.25, -0.2) is 0 Å². The van der Waals surface area contributed by atoms with Gasteiger partial charge in [0.2, 0.25) is 0 Å². The molecule has 2 nitrogen and oxygen atoms in total. The van der Waals surface area contributed by atoms with Crippen LogP contribution in [0.25, 0.3) is 65.7 Å². The smallest absolute Gasteiger partial charge is 0.140 e. The van der Waals surface area contributed by atoms with E-state index < -0.39 is 5.41 Å². The van der Waals surface area contributed by atoms with E-state index in [0.717, 1.165) is 44.9 Å². The highest BCUT2D eigenvalue weighted by molar-refractivity contribution is 6.00. The van der Waals surface area contributed by atoms with E-state index in [4.69, 9.17) is 4.74 Å². The number of anilines is 3. The predicted octanol–water partition coefficient (Wildman–Crippen LogP) is 16.4. The molecule has 2 aliphatic rings. The van der Waals surface area contributed by atoms with Crippen molar-refractivity contribution in [2.24, 2.45) is 0 Å². The normalized spacial score (nSPS) is 13.0. The first-order valence-electron chi connectivity index (χ1n) is 21.7. The molecule has 1 heterocycles. The van der Waals surface area contributed by atoms with Gasteiger partial charge >= 0.3 is 0 Å². The maximum atomic E-state index is 7.19. The van der Waals surface area contributed by atoms with Gasteiger partial charge in [-0.2, -0.15) is 0 Å². The van der Waals surface area contributed by atoms with Crippen LogP contribution in [-0.2, 0) is 5.41 Å². The molecule has 1 aliphatic heterocycles. The molecule has 0 amide bonds. The third kappa shape index (κ3) is 5.38. The molecule has 0 fully saturated rings. The van der Waals surface area contributed by atoms with Crippen LogP contribution < -0.4 is 9.64 Å².